The SMILES string of the molecule is O=S(=O)(NC1CC(N2CCCCC2)C1)C1=Cc2ccccc2CC1. The van der Waals surface area contributed by atoms with Crippen molar-refractivity contribution in [3.05, 3.63) is 40.3 Å². The molecule has 3 aliphatic rings. The summed E-state index contributed by atoms with van der Waals surface area (Å²) in [6.45, 7) is 2.37. The lowest BCUT2D eigenvalue weighted by Gasteiger charge is -2.44. The number of likely N-dealkylation sites (tertiary alicyclic amines) is 1. The van der Waals surface area contributed by atoms with E-state index in [1.165, 1.54) is 37.9 Å². The summed E-state index contributed by atoms with van der Waals surface area (Å²) in [6, 6.07) is 8.75. The lowest BCUT2D eigenvalue weighted by Crippen LogP contribution is -2.55. The Morgan fingerprint density at radius 3 is 2.54 bits per heavy atom. The number of rotatable bonds is 4. The van der Waals surface area contributed by atoms with Gasteiger partial charge in [-0.3, -0.25) is 0 Å². The van der Waals surface area contributed by atoms with Gasteiger partial charge >= 0.3 is 0 Å². The quantitative estimate of drug-likeness (QED) is 0.912. The van der Waals surface area contributed by atoms with Crippen LogP contribution in [0.1, 0.15) is 49.7 Å². The van der Waals surface area contributed by atoms with E-state index in [0.29, 0.717) is 17.4 Å². The topological polar surface area (TPSA) is 49.4 Å². The zero-order chi connectivity index (χ0) is 16.6. The number of fused-ring (bicyclic) bond motifs is 1. The van der Waals surface area contributed by atoms with Gasteiger partial charge in [0.25, 0.3) is 0 Å². The van der Waals surface area contributed by atoms with Gasteiger partial charge < -0.3 is 4.90 Å². The minimum atomic E-state index is -3.35. The minimum Gasteiger partial charge on any atom is -0.300 e. The van der Waals surface area contributed by atoms with Crippen LogP contribution in [0.4, 0.5) is 0 Å². The number of aryl methyl sites for hydroxylation is 1. The second-order valence-electron chi connectivity index (χ2n) is 7.35. The summed E-state index contributed by atoms with van der Waals surface area (Å²) in [7, 11) is -3.35. The van der Waals surface area contributed by atoms with Crippen molar-refractivity contribution in [3.8, 4) is 0 Å². The number of nitrogens with zero attached hydrogens (tertiary/aromatic N) is 1. The van der Waals surface area contributed by atoms with Gasteiger partial charge in [-0.25, -0.2) is 13.1 Å². The molecule has 2 fully saturated rings. The maximum Gasteiger partial charge on any atom is 0.236 e. The average Bonchev–Trinajstić information content (AvgIpc) is 2.58. The Labute approximate surface area is 145 Å². The molecule has 0 radical (unpaired) electrons. The Kier molecular flexibility index (Phi) is 4.50. The zero-order valence-corrected chi connectivity index (χ0v) is 14.9. The van der Waals surface area contributed by atoms with E-state index < -0.39 is 10.0 Å². The Hall–Kier alpha value is -1.17. The fourth-order valence-corrected chi connectivity index (χ4v) is 5.61. The first kappa shape index (κ1) is 16.3. The minimum absolute atomic E-state index is 0.111. The third-order valence-electron chi connectivity index (χ3n) is 5.70. The Morgan fingerprint density at radius 1 is 1.00 bits per heavy atom. The Balaban J connectivity index is 1.38. The van der Waals surface area contributed by atoms with Gasteiger partial charge in [0, 0.05) is 12.1 Å². The standard InChI is InChI=1S/C19H26N2O2S/c22-24(23,19-9-8-15-6-2-3-7-16(15)12-19)20-17-13-18(14-17)21-10-4-1-5-11-21/h2-3,6-7,12,17-18,20H,1,4-5,8-11,13-14H2. The number of sulfonamides is 1. The van der Waals surface area contributed by atoms with Crippen LogP contribution in [0.25, 0.3) is 6.08 Å². The molecule has 1 aromatic rings. The summed E-state index contributed by atoms with van der Waals surface area (Å²) >= 11 is 0. The molecule has 0 unspecified atom stereocenters. The van der Waals surface area contributed by atoms with E-state index in [-0.39, 0.29) is 6.04 Å². The monoisotopic (exact) mass is 346 g/mol. The first-order valence-electron chi connectivity index (χ1n) is 9.17. The van der Waals surface area contributed by atoms with Crippen LogP contribution in [0.5, 0.6) is 0 Å². The van der Waals surface area contributed by atoms with E-state index in [4.69, 9.17) is 0 Å². The molecule has 0 atom stereocenters. The highest BCUT2D eigenvalue weighted by Crippen LogP contribution is 2.31. The number of hydrogen-bond donors (Lipinski definition) is 1. The van der Waals surface area contributed by atoms with E-state index in [2.05, 4.69) is 15.7 Å². The first-order chi connectivity index (χ1) is 11.6. The van der Waals surface area contributed by atoms with Gasteiger partial charge in [-0.1, -0.05) is 30.7 Å². The smallest absolute Gasteiger partial charge is 0.236 e. The molecule has 1 N–H and O–H groups in total. The fourth-order valence-electron chi connectivity index (χ4n) is 4.18. The van der Waals surface area contributed by atoms with Gasteiger partial charge in [0.1, 0.15) is 0 Å². The van der Waals surface area contributed by atoms with Gasteiger partial charge in [0.05, 0.1) is 4.91 Å². The molecular weight excluding hydrogens is 320 g/mol. The number of hydrogen-bond acceptors (Lipinski definition) is 3. The summed E-state index contributed by atoms with van der Waals surface area (Å²) in [4.78, 5) is 3.09. The molecule has 130 valence electrons. The predicted octanol–water partition coefficient (Wildman–Crippen LogP) is 2.91. The number of benzene rings is 1. The molecule has 1 aromatic carbocycles. The molecule has 0 amide bonds. The highest BCUT2D eigenvalue weighted by atomic mass is 32.2. The van der Waals surface area contributed by atoms with E-state index >= 15 is 0 Å². The van der Waals surface area contributed by atoms with Gasteiger partial charge in [0.2, 0.25) is 10.0 Å². The van der Waals surface area contributed by atoms with Crippen LogP contribution in [-0.4, -0.2) is 38.5 Å². The molecule has 24 heavy (non-hydrogen) atoms. The average molecular weight is 346 g/mol. The molecule has 4 rings (SSSR count). The molecule has 5 heteroatoms. The van der Waals surface area contributed by atoms with Crippen LogP contribution in [0.3, 0.4) is 0 Å². The Bertz CT molecular complexity index is 729. The van der Waals surface area contributed by atoms with Crippen molar-refractivity contribution in [1.82, 2.24) is 9.62 Å². The molecule has 1 aliphatic heterocycles. The van der Waals surface area contributed by atoms with E-state index in [1.807, 2.05) is 24.3 Å². The van der Waals surface area contributed by atoms with Crippen LogP contribution < -0.4 is 4.72 Å². The van der Waals surface area contributed by atoms with Crippen molar-refractivity contribution < 1.29 is 8.42 Å². The summed E-state index contributed by atoms with van der Waals surface area (Å²) < 4.78 is 28.3. The molecule has 0 bridgehead atoms. The summed E-state index contributed by atoms with van der Waals surface area (Å²) in [5.41, 5.74) is 2.29. The van der Waals surface area contributed by atoms with Crippen LogP contribution >= 0.6 is 0 Å². The first-order valence-corrected chi connectivity index (χ1v) is 10.6. The highest BCUT2D eigenvalue weighted by molar-refractivity contribution is 7.93. The highest BCUT2D eigenvalue weighted by Gasteiger charge is 2.37. The lowest BCUT2D eigenvalue weighted by atomic mass is 9.85. The van der Waals surface area contributed by atoms with Gasteiger partial charge in [-0.05, 0) is 68.8 Å². The van der Waals surface area contributed by atoms with E-state index in [0.717, 1.165) is 24.8 Å². The van der Waals surface area contributed by atoms with Gasteiger partial charge in [0.15, 0.2) is 0 Å². The molecule has 0 aromatic heterocycles. The van der Waals surface area contributed by atoms with Crippen molar-refractivity contribution in [2.24, 2.45) is 0 Å². The third-order valence-corrected chi connectivity index (χ3v) is 7.36. The maximum atomic E-state index is 12.7. The maximum absolute atomic E-state index is 12.7. The molecular formula is C19H26N2O2S. The normalized spacial score (nSPS) is 27.9. The van der Waals surface area contributed by atoms with Gasteiger partial charge in [-0.15, -0.1) is 0 Å². The van der Waals surface area contributed by atoms with Crippen LogP contribution in [0.15, 0.2) is 29.2 Å². The van der Waals surface area contributed by atoms with Crippen LogP contribution in [-0.2, 0) is 16.4 Å². The van der Waals surface area contributed by atoms with Crippen molar-refractivity contribution >= 4 is 16.1 Å². The summed E-state index contributed by atoms with van der Waals surface area (Å²) in [5.74, 6) is 0. The molecule has 1 saturated heterocycles. The lowest BCUT2D eigenvalue weighted by molar-refractivity contribution is 0.0858. The molecule has 1 heterocycles. The zero-order valence-electron chi connectivity index (χ0n) is 14.1. The van der Waals surface area contributed by atoms with E-state index in [1.54, 1.807) is 0 Å². The predicted molar refractivity (Wildman–Crippen MR) is 97.0 cm³/mol. The van der Waals surface area contributed by atoms with E-state index in [9.17, 15) is 8.42 Å². The number of piperidine rings is 1. The molecule has 0 spiro atoms. The second-order valence-corrected chi connectivity index (χ2v) is 9.12. The molecule has 4 nitrogen and oxygen atoms in total. The Morgan fingerprint density at radius 2 is 1.75 bits per heavy atom. The molecule has 1 saturated carbocycles. The fraction of sp³-hybridized carbons (Fsp3) is 0.579. The van der Waals surface area contributed by atoms with Crippen molar-refractivity contribution in [2.45, 2.75) is 57.0 Å². The van der Waals surface area contributed by atoms with Crippen LogP contribution in [0, 0.1) is 0 Å². The number of nitrogens with one attached hydrogen (secondary N) is 1. The third kappa shape index (κ3) is 3.30. The van der Waals surface area contributed by atoms with Gasteiger partial charge in [-0.2, -0.15) is 0 Å². The van der Waals surface area contributed by atoms with Crippen molar-refractivity contribution in [1.29, 1.82) is 0 Å². The molecule has 2 aliphatic carbocycles. The number of allylic oxidation sites excluding steroid dienone is 1. The van der Waals surface area contributed by atoms with Crippen molar-refractivity contribution in [2.75, 3.05) is 13.1 Å². The van der Waals surface area contributed by atoms with Crippen molar-refractivity contribution in [3.63, 3.8) is 0 Å². The second kappa shape index (κ2) is 6.62. The largest absolute Gasteiger partial charge is 0.300 e. The summed E-state index contributed by atoms with van der Waals surface area (Å²) in [6.07, 6.45) is 9.11. The summed E-state index contributed by atoms with van der Waals surface area (Å²) in [5, 5.41) is 0. The van der Waals surface area contributed by atoms with Crippen LogP contribution in [0.2, 0.25) is 0 Å².